The maximum atomic E-state index is 13.5. The van der Waals surface area contributed by atoms with Crippen LogP contribution < -0.4 is 11.3 Å². The van der Waals surface area contributed by atoms with Crippen LogP contribution >= 0.6 is 11.6 Å². The second-order valence-electron chi connectivity index (χ2n) is 4.40. The number of nitrogens with zero attached hydrogens (tertiary/aromatic N) is 1. The van der Waals surface area contributed by atoms with Crippen molar-refractivity contribution in [3.05, 3.63) is 34.6 Å². The smallest absolute Gasteiger partial charge is 0.146 e. The lowest BCUT2D eigenvalue weighted by atomic mass is 10.1. The summed E-state index contributed by atoms with van der Waals surface area (Å²) in [6.45, 7) is 5.69. The summed E-state index contributed by atoms with van der Waals surface area (Å²) in [6.07, 6.45) is 0. The Kier molecular flexibility index (Phi) is 3.88. The average molecular weight is 244 g/mol. The van der Waals surface area contributed by atoms with Gasteiger partial charge >= 0.3 is 0 Å². The third-order valence-corrected chi connectivity index (χ3v) is 2.00. The van der Waals surface area contributed by atoms with Gasteiger partial charge in [0.1, 0.15) is 11.7 Å². The van der Waals surface area contributed by atoms with E-state index in [9.17, 15) is 4.39 Å². The molecule has 3 N–H and O–H groups in total. The van der Waals surface area contributed by atoms with Crippen molar-refractivity contribution in [3.8, 4) is 0 Å². The molecule has 0 saturated heterocycles. The Morgan fingerprint density at radius 3 is 2.56 bits per heavy atom. The van der Waals surface area contributed by atoms with E-state index in [1.54, 1.807) is 0 Å². The minimum Gasteiger partial charge on any atom is -0.308 e. The fourth-order valence-electron chi connectivity index (χ4n) is 1.18. The van der Waals surface area contributed by atoms with Crippen LogP contribution in [-0.4, -0.2) is 11.4 Å². The van der Waals surface area contributed by atoms with Crippen LogP contribution in [0.15, 0.2) is 23.2 Å². The molecular formula is C11H15ClFN3. The second kappa shape index (κ2) is 4.80. The summed E-state index contributed by atoms with van der Waals surface area (Å²) < 4.78 is 13.5. The molecule has 0 aliphatic carbocycles. The molecular weight excluding hydrogens is 229 g/mol. The molecule has 16 heavy (non-hydrogen) atoms. The molecule has 0 bridgehead atoms. The molecule has 0 heterocycles. The van der Waals surface area contributed by atoms with Crippen molar-refractivity contribution in [3.63, 3.8) is 0 Å². The van der Waals surface area contributed by atoms with Gasteiger partial charge in [-0.25, -0.2) is 10.2 Å². The number of rotatable bonds is 1. The molecule has 0 saturated carbocycles. The molecule has 1 rings (SSSR count). The van der Waals surface area contributed by atoms with Crippen LogP contribution in [0.1, 0.15) is 26.3 Å². The Balaban J connectivity index is 3.24. The molecule has 0 aliphatic rings. The van der Waals surface area contributed by atoms with Crippen molar-refractivity contribution in [1.82, 2.24) is 5.43 Å². The number of amidine groups is 1. The highest BCUT2D eigenvalue weighted by atomic mass is 35.5. The normalized spacial score (nSPS) is 12.8. The minimum atomic E-state index is -0.412. The highest BCUT2D eigenvalue weighted by Gasteiger charge is 2.14. The van der Waals surface area contributed by atoms with Gasteiger partial charge in [0.15, 0.2) is 0 Å². The van der Waals surface area contributed by atoms with Crippen molar-refractivity contribution in [1.29, 1.82) is 0 Å². The predicted molar refractivity (Wildman–Crippen MR) is 65.0 cm³/mol. The molecule has 5 heteroatoms. The molecule has 0 aliphatic heterocycles. The van der Waals surface area contributed by atoms with Gasteiger partial charge in [0, 0.05) is 5.02 Å². The van der Waals surface area contributed by atoms with Gasteiger partial charge in [-0.2, -0.15) is 0 Å². The summed E-state index contributed by atoms with van der Waals surface area (Å²) in [5, 5.41) is 0.438. The van der Waals surface area contributed by atoms with Crippen LogP contribution in [0.4, 0.5) is 4.39 Å². The first-order valence-electron chi connectivity index (χ1n) is 4.85. The van der Waals surface area contributed by atoms with Gasteiger partial charge in [0.25, 0.3) is 0 Å². The summed E-state index contributed by atoms with van der Waals surface area (Å²) in [4.78, 5) is 4.28. The zero-order chi connectivity index (χ0) is 12.3. The van der Waals surface area contributed by atoms with Gasteiger partial charge in [-0.15, -0.1) is 0 Å². The van der Waals surface area contributed by atoms with Crippen molar-refractivity contribution in [2.75, 3.05) is 0 Å². The van der Waals surface area contributed by atoms with E-state index in [0.29, 0.717) is 5.02 Å². The summed E-state index contributed by atoms with van der Waals surface area (Å²) in [5.74, 6) is 5.21. The van der Waals surface area contributed by atoms with Gasteiger partial charge in [0.05, 0.1) is 11.1 Å². The first-order chi connectivity index (χ1) is 7.33. The Morgan fingerprint density at radius 2 is 2.06 bits per heavy atom. The van der Waals surface area contributed by atoms with Gasteiger partial charge in [0.2, 0.25) is 0 Å². The van der Waals surface area contributed by atoms with Gasteiger partial charge in [-0.3, -0.25) is 4.99 Å². The van der Waals surface area contributed by atoms with Gasteiger partial charge < -0.3 is 5.43 Å². The fourth-order valence-corrected chi connectivity index (χ4v) is 1.36. The minimum absolute atomic E-state index is 0.268. The van der Waals surface area contributed by atoms with Crippen LogP contribution in [0.2, 0.25) is 5.02 Å². The van der Waals surface area contributed by atoms with Crippen molar-refractivity contribution < 1.29 is 4.39 Å². The zero-order valence-electron chi connectivity index (χ0n) is 9.51. The van der Waals surface area contributed by atoms with Crippen LogP contribution in [0.5, 0.6) is 0 Å². The number of halogens is 2. The van der Waals surface area contributed by atoms with E-state index in [-0.39, 0.29) is 16.9 Å². The Labute approximate surface area is 99.5 Å². The molecule has 0 fully saturated rings. The van der Waals surface area contributed by atoms with Crippen LogP contribution in [0.25, 0.3) is 0 Å². The van der Waals surface area contributed by atoms with E-state index in [1.165, 1.54) is 18.2 Å². The molecule has 0 aromatic heterocycles. The first kappa shape index (κ1) is 12.9. The number of hydrazine groups is 1. The SMILES string of the molecule is CC(C)(C)N=C(NN)c1cc(Cl)ccc1F. The maximum Gasteiger partial charge on any atom is 0.146 e. The van der Waals surface area contributed by atoms with Crippen molar-refractivity contribution in [2.24, 2.45) is 10.8 Å². The number of nitrogens with two attached hydrogens (primary N) is 1. The first-order valence-corrected chi connectivity index (χ1v) is 5.23. The van der Waals surface area contributed by atoms with Crippen molar-refractivity contribution >= 4 is 17.4 Å². The van der Waals surface area contributed by atoms with E-state index in [2.05, 4.69) is 10.4 Å². The fraction of sp³-hybridized carbons (Fsp3) is 0.364. The number of aliphatic imine (C=N–C) groups is 1. The summed E-state index contributed by atoms with van der Waals surface area (Å²) in [5.41, 5.74) is 2.31. The number of hydrogen-bond donors (Lipinski definition) is 2. The van der Waals surface area contributed by atoms with Crippen LogP contribution in [-0.2, 0) is 0 Å². The predicted octanol–water partition coefficient (Wildman–Crippen LogP) is 2.49. The van der Waals surface area contributed by atoms with E-state index < -0.39 is 5.82 Å². The molecule has 1 aromatic rings. The van der Waals surface area contributed by atoms with Gasteiger partial charge in [-0.1, -0.05) is 11.6 Å². The number of benzene rings is 1. The monoisotopic (exact) mass is 243 g/mol. The average Bonchev–Trinajstić information content (AvgIpc) is 2.17. The molecule has 1 aromatic carbocycles. The summed E-state index contributed by atoms with van der Waals surface area (Å²) in [7, 11) is 0. The standard InChI is InChI=1S/C11H15ClFN3/c1-11(2,3)15-10(16-14)8-6-7(12)4-5-9(8)13/h4-6H,14H2,1-3H3,(H,15,16). The number of hydrogen-bond acceptors (Lipinski definition) is 2. The van der Waals surface area contributed by atoms with Crippen molar-refractivity contribution in [2.45, 2.75) is 26.3 Å². The molecule has 88 valence electrons. The van der Waals surface area contributed by atoms with E-state index in [4.69, 9.17) is 17.4 Å². The third kappa shape index (κ3) is 3.47. The van der Waals surface area contributed by atoms with E-state index in [1.807, 2.05) is 20.8 Å². The maximum absolute atomic E-state index is 13.5. The van der Waals surface area contributed by atoms with E-state index >= 15 is 0 Å². The molecule has 0 spiro atoms. The third-order valence-electron chi connectivity index (χ3n) is 1.77. The highest BCUT2D eigenvalue weighted by Crippen LogP contribution is 2.17. The Hall–Kier alpha value is -1.13. The summed E-state index contributed by atoms with van der Waals surface area (Å²) in [6, 6.07) is 4.25. The lowest BCUT2D eigenvalue weighted by Crippen LogP contribution is -2.34. The quantitative estimate of drug-likeness (QED) is 0.345. The van der Waals surface area contributed by atoms with E-state index in [0.717, 1.165) is 0 Å². The molecule has 3 nitrogen and oxygen atoms in total. The molecule has 0 amide bonds. The zero-order valence-corrected chi connectivity index (χ0v) is 10.3. The van der Waals surface area contributed by atoms with Crippen LogP contribution in [0, 0.1) is 5.82 Å². The Bertz CT molecular complexity index is 410. The molecule has 0 unspecified atom stereocenters. The lowest BCUT2D eigenvalue weighted by Gasteiger charge is -2.16. The Morgan fingerprint density at radius 1 is 1.44 bits per heavy atom. The largest absolute Gasteiger partial charge is 0.308 e. The van der Waals surface area contributed by atoms with Gasteiger partial charge in [-0.05, 0) is 39.0 Å². The summed E-state index contributed by atoms with van der Waals surface area (Å²) >= 11 is 5.80. The molecule has 0 radical (unpaired) electrons. The second-order valence-corrected chi connectivity index (χ2v) is 4.84. The highest BCUT2D eigenvalue weighted by molar-refractivity contribution is 6.31. The number of nitrogens with one attached hydrogen (secondary N) is 1. The topological polar surface area (TPSA) is 50.4 Å². The molecule has 0 atom stereocenters. The lowest BCUT2D eigenvalue weighted by molar-refractivity contribution is 0.577. The van der Waals surface area contributed by atoms with Crippen LogP contribution in [0.3, 0.4) is 0 Å².